The monoisotopic (exact) mass is 320 g/mol. The molecule has 3 N–H and O–H groups in total. The second-order valence-electron chi connectivity index (χ2n) is 6.07. The van der Waals surface area contributed by atoms with Crippen molar-refractivity contribution < 1.29 is 18.3 Å². The quantitative estimate of drug-likeness (QED) is 0.906. The Kier molecular flexibility index (Phi) is 4.37. The van der Waals surface area contributed by atoms with Crippen LogP contribution in [0, 0.1) is 18.2 Å². The largest absolute Gasteiger partial charge is 0.459 e. The summed E-state index contributed by atoms with van der Waals surface area (Å²) >= 11 is 0. The molecule has 1 fully saturated rings. The van der Waals surface area contributed by atoms with Crippen molar-refractivity contribution in [2.75, 3.05) is 19.8 Å². The van der Waals surface area contributed by atoms with E-state index in [1.165, 1.54) is 12.1 Å². The van der Waals surface area contributed by atoms with Crippen LogP contribution in [0.1, 0.15) is 24.2 Å². The van der Waals surface area contributed by atoms with E-state index in [9.17, 15) is 9.18 Å². The minimum atomic E-state index is -0.565. The number of amides is 1. The number of halogens is 1. The number of fused-ring (bicyclic) bond motifs is 1. The van der Waals surface area contributed by atoms with Crippen molar-refractivity contribution in [1.82, 2.24) is 5.32 Å². The van der Waals surface area contributed by atoms with Crippen molar-refractivity contribution in [2.24, 2.45) is 11.1 Å². The molecule has 0 saturated carbocycles. The summed E-state index contributed by atoms with van der Waals surface area (Å²) in [6.07, 6.45) is 1.25. The SMILES string of the molecule is Cc1c(CNC(=O)C2(CN)CCOCC2)oc2ccc(F)cc12. The highest BCUT2D eigenvalue weighted by molar-refractivity contribution is 5.84. The summed E-state index contributed by atoms with van der Waals surface area (Å²) in [6, 6.07) is 4.40. The average Bonchev–Trinajstić information content (AvgIpc) is 2.89. The summed E-state index contributed by atoms with van der Waals surface area (Å²) in [5, 5.41) is 3.65. The van der Waals surface area contributed by atoms with E-state index < -0.39 is 5.41 Å². The molecule has 2 aromatic rings. The van der Waals surface area contributed by atoms with Gasteiger partial charge in [-0.15, -0.1) is 0 Å². The molecule has 0 unspecified atom stereocenters. The number of hydrogen-bond acceptors (Lipinski definition) is 4. The number of furan rings is 1. The minimum Gasteiger partial charge on any atom is -0.459 e. The first-order valence-corrected chi connectivity index (χ1v) is 7.79. The molecule has 1 aromatic heterocycles. The van der Waals surface area contributed by atoms with Gasteiger partial charge in [-0.05, 0) is 38.0 Å². The van der Waals surface area contributed by atoms with E-state index >= 15 is 0 Å². The van der Waals surface area contributed by atoms with Gasteiger partial charge in [0.05, 0.1) is 12.0 Å². The maximum Gasteiger partial charge on any atom is 0.228 e. The van der Waals surface area contributed by atoms with Crippen LogP contribution in [0.5, 0.6) is 0 Å². The molecule has 6 heteroatoms. The standard InChI is InChI=1S/C17H21FN2O3/c1-11-13-8-12(18)2-3-14(13)23-15(11)9-20-16(21)17(10-19)4-6-22-7-5-17/h2-3,8H,4-7,9-10,19H2,1H3,(H,20,21). The van der Waals surface area contributed by atoms with Crippen molar-refractivity contribution in [3.8, 4) is 0 Å². The van der Waals surface area contributed by atoms with Crippen LogP contribution in [-0.2, 0) is 16.1 Å². The molecule has 23 heavy (non-hydrogen) atoms. The zero-order valence-corrected chi connectivity index (χ0v) is 13.2. The Balaban J connectivity index is 1.75. The van der Waals surface area contributed by atoms with E-state index in [0.29, 0.717) is 43.9 Å². The third-order valence-corrected chi connectivity index (χ3v) is 4.73. The lowest BCUT2D eigenvalue weighted by Gasteiger charge is -2.34. The number of rotatable bonds is 4. The fourth-order valence-electron chi connectivity index (χ4n) is 3.05. The van der Waals surface area contributed by atoms with Gasteiger partial charge in [-0.3, -0.25) is 4.79 Å². The van der Waals surface area contributed by atoms with Gasteiger partial charge in [0.2, 0.25) is 5.91 Å². The second kappa shape index (κ2) is 6.29. The lowest BCUT2D eigenvalue weighted by molar-refractivity contribution is -0.136. The maximum atomic E-state index is 13.3. The number of benzene rings is 1. The Morgan fingerprint density at radius 3 is 2.83 bits per heavy atom. The van der Waals surface area contributed by atoms with Crippen molar-refractivity contribution in [3.05, 3.63) is 35.3 Å². The van der Waals surface area contributed by atoms with Gasteiger partial charge in [-0.2, -0.15) is 0 Å². The third-order valence-electron chi connectivity index (χ3n) is 4.73. The minimum absolute atomic E-state index is 0.0747. The van der Waals surface area contributed by atoms with Crippen molar-refractivity contribution in [1.29, 1.82) is 0 Å². The van der Waals surface area contributed by atoms with Gasteiger partial charge in [0.15, 0.2) is 0 Å². The molecule has 1 aliphatic heterocycles. The van der Waals surface area contributed by atoms with Crippen molar-refractivity contribution in [2.45, 2.75) is 26.3 Å². The van der Waals surface area contributed by atoms with Crippen LogP contribution in [0.2, 0.25) is 0 Å². The number of hydrogen-bond donors (Lipinski definition) is 2. The lowest BCUT2D eigenvalue weighted by atomic mass is 9.79. The summed E-state index contributed by atoms with van der Waals surface area (Å²) in [7, 11) is 0. The summed E-state index contributed by atoms with van der Waals surface area (Å²) in [5.74, 6) is 0.258. The van der Waals surface area contributed by atoms with Crippen molar-refractivity contribution in [3.63, 3.8) is 0 Å². The molecule has 5 nitrogen and oxygen atoms in total. The number of ether oxygens (including phenoxy) is 1. The summed E-state index contributed by atoms with van der Waals surface area (Å²) in [6.45, 7) is 3.52. The highest BCUT2D eigenvalue weighted by Gasteiger charge is 2.38. The molecule has 1 saturated heterocycles. The van der Waals surface area contributed by atoms with Crippen molar-refractivity contribution >= 4 is 16.9 Å². The Morgan fingerprint density at radius 1 is 1.39 bits per heavy atom. The molecular weight excluding hydrogens is 299 g/mol. The molecule has 1 aliphatic rings. The van der Waals surface area contributed by atoms with E-state index in [4.69, 9.17) is 14.9 Å². The Labute approximate surface area is 134 Å². The van der Waals surface area contributed by atoms with E-state index in [0.717, 1.165) is 10.9 Å². The molecule has 1 amide bonds. The molecule has 0 aliphatic carbocycles. The van der Waals surface area contributed by atoms with Crippen LogP contribution in [0.3, 0.4) is 0 Å². The number of aryl methyl sites for hydroxylation is 1. The molecule has 124 valence electrons. The Hall–Kier alpha value is -1.92. The summed E-state index contributed by atoms with van der Waals surface area (Å²) in [4.78, 5) is 12.6. The first kappa shape index (κ1) is 16.0. The molecule has 2 heterocycles. The normalized spacial score (nSPS) is 17.3. The van der Waals surface area contributed by atoms with Crippen LogP contribution in [0.4, 0.5) is 4.39 Å². The number of nitrogens with one attached hydrogen (secondary N) is 1. The van der Waals surface area contributed by atoms with Gasteiger partial charge in [-0.1, -0.05) is 0 Å². The number of nitrogens with two attached hydrogens (primary N) is 1. The first-order valence-electron chi connectivity index (χ1n) is 7.79. The Bertz CT molecular complexity index is 720. The predicted molar refractivity (Wildman–Crippen MR) is 84.3 cm³/mol. The smallest absolute Gasteiger partial charge is 0.228 e. The van der Waals surface area contributed by atoms with Gasteiger partial charge in [0.1, 0.15) is 17.2 Å². The molecule has 0 atom stereocenters. The van der Waals surface area contributed by atoms with Crippen LogP contribution in [0.15, 0.2) is 22.6 Å². The molecule has 1 aromatic carbocycles. The molecule has 0 radical (unpaired) electrons. The first-order chi connectivity index (χ1) is 11.1. The van der Waals surface area contributed by atoms with Crippen LogP contribution in [0.25, 0.3) is 11.0 Å². The lowest BCUT2D eigenvalue weighted by Crippen LogP contribution is -2.48. The van der Waals surface area contributed by atoms with E-state index in [1.807, 2.05) is 6.92 Å². The third kappa shape index (κ3) is 2.96. The van der Waals surface area contributed by atoms with Crippen LogP contribution >= 0.6 is 0 Å². The Morgan fingerprint density at radius 2 is 2.13 bits per heavy atom. The predicted octanol–water partition coefficient (Wildman–Crippen LogP) is 2.25. The topological polar surface area (TPSA) is 77.5 Å². The molecular formula is C17H21FN2O3. The van der Waals surface area contributed by atoms with E-state index in [-0.39, 0.29) is 18.3 Å². The van der Waals surface area contributed by atoms with Crippen LogP contribution in [-0.4, -0.2) is 25.7 Å². The van der Waals surface area contributed by atoms with Gasteiger partial charge < -0.3 is 20.2 Å². The summed E-state index contributed by atoms with van der Waals surface area (Å²) in [5.41, 5.74) is 6.73. The fraction of sp³-hybridized carbons (Fsp3) is 0.471. The highest BCUT2D eigenvalue weighted by atomic mass is 19.1. The van der Waals surface area contributed by atoms with Crippen LogP contribution < -0.4 is 11.1 Å². The molecule has 0 bridgehead atoms. The number of carbonyl (C=O) groups is 1. The number of carbonyl (C=O) groups excluding carboxylic acids is 1. The zero-order chi connectivity index (χ0) is 16.4. The van der Waals surface area contributed by atoms with E-state index in [1.54, 1.807) is 6.07 Å². The summed E-state index contributed by atoms with van der Waals surface area (Å²) < 4.78 is 24.4. The molecule has 0 spiro atoms. The van der Waals surface area contributed by atoms with Gasteiger partial charge in [0.25, 0.3) is 0 Å². The molecule has 3 rings (SSSR count). The second-order valence-corrected chi connectivity index (χ2v) is 6.07. The zero-order valence-electron chi connectivity index (χ0n) is 13.2. The maximum absolute atomic E-state index is 13.3. The fourth-order valence-corrected chi connectivity index (χ4v) is 3.05. The van der Waals surface area contributed by atoms with E-state index in [2.05, 4.69) is 5.32 Å². The van der Waals surface area contributed by atoms with Gasteiger partial charge >= 0.3 is 0 Å². The average molecular weight is 320 g/mol. The van der Waals surface area contributed by atoms with Gasteiger partial charge in [0, 0.05) is 30.7 Å². The highest BCUT2D eigenvalue weighted by Crippen LogP contribution is 2.30. The van der Waals surface area contributed by atoms with Gasteiger partial charge in [-0.25, -0.2) is 4.39 Å².